The molecule has 2 aliphatic rings. The molecule has 4 aromatic heterocycles. The summed E-state index contributed by atoms with van der Waals surface area (Å²) in [6.45, 7) is 10.8. The summed E-state index contributed by atoms with van der Waals surface area (Å²) >= 11 is 6.54. The van der Waals surface area contributed by atoms with Crippen molar-refractivity contribution < 1.29 is 19.1 Å². The van der Waals surface area contributed by atoms with Crippen LogP contribution in [0, 0.1) is 27.7 Å². The lowest BCUT2D eigenvalue weighted by Crippen LogP contribution is -2.39. The molecule has 2 N–H and O–H groups in total. The van der Waals surface area contributed by atoms with E-state index in [-0.39, 0.29) is 56.1 Å². The highest BCUT2D eigenvalue weighted by Crippen LogP contribution is 2.34. The summed E-state index contributed by atoms with van der Waals surface area (Å²) in [5, 5.41) is 12.0. The molecule has 0 bridgehead atoms. The molecule has 0 radical (unpaired) electrons. The van der Waals surface area contributed by atoms with Crippen molar-refractivity contribution in [3.8, 4) is 0 Å². The van der Waals surface area contributed by atoms with Crippen LogP contribution in [0.1, 0.15) is 93.7 Å². The van der Waals surface area contributed by atoms with Crippen LogP contribution in [-0.2, 0) is 53.4 Å². The van der Waals surface area contributed by atoms with Gasteiger partial charge in [0.1, 0.15) is 18.4 Å². The number of fused-ring (bicyclic) bond motifs is 4. The molecular weight excluding hydrogens is 888 g/mol. The average molecular weight is 944 g/mol. The molecule has 0 spiro atoms. The van der Waals surface area contributed by atoms with Crippen molar-refractivity contribution in [1.29, 1.82) is 0 Å². The Morgan fingerprint density at radius 3 is 1.91 bits per heavy atom. The van der Waals surface area contributed by atoms with E-state index in [0.717, 1.165) is 58.0 Å². The topological polar surface area (TPSA) is 148 Å². The van der Waals surface area contributed by atoms with E-state index in [0.29, 0.717) is 41.6 Å². The van der Waals surface area contributed by atoms with Crippen LogP contribution in [-0.4, -0.2) is 46.2 Å². The average Bonchev–Trinajstić information content (AvgIpc) is 3.97. The van der Waals surface area contributed by atoms with E-state index in [9.17, 15) is 14.4 Å². The number of benzene rings is 4. The normalized spacial score (nSPS) is 14.7. The minimum Gasteiger partial charge on any atom is -0.461 e. The standard InChI is InChI=1S/C25H23ClN4O2.C17H18N4O.C9H10O2.CH4.ClH/c1-16-17(2)27-23-13-21(28-30(23)24(16)26)22-12-19-10-6-7-11-20(19)14-29(22)25(31)32-15-18-8-4-3-5-9-18;1-10-11(2)19-16-8-15(20-21(16)17(10)22)14-7-12-5-3-4-6-13(12)9-18-14;1-8(10)11-7-9-5-3-2-4-6-9;;/h3-11,13,22H,12,14-15H2,1-2H3;3-6,8,14,18,20H,7,9H2,1-2H3;2-6H,7H2,1H3;1H4;1H/t22-;14-;;;/m00.../s1. The number of carbonyl (C=O) groups excluding carboxylic acids is 2. The molecule has 0 saturated carbocycles. The zero-order chi connectivity index (χ0) is 45.6. The van der Waals surface area contributed by atoms with E-state index < -0.39 is 0 Å². The Morgan fingerprint density at radius 1 is 0.716 bits per heavy atom. The number of esters is 1. The van der Waals surface area contributed by atoms with Gasteiger partial charge in [0.15, 0.2) is 11.3 Å². The summed E-state index contributed by atoms with van der Waals surface area (Å²) in [4.78, 5) is 46.8. The minimum atomic E-state index is -0.364. The Labute approximate surface area is 401 Å². The Hall–Kier alpha value is -6.80. The molecule has 4 aromatic carbocycles. The molecule has 0 saturated heterocycles. The third-order valence-corrected chi connectivity index (χ3v) is 12.3. The number of ether oxygens (including phenoxy) is 2. The summed E-state index contributed by atoms with van der Waals surface area (Å²) in [5.41, 5.74) is 13.3. The molecule has 67 heavy (non-hydrogen) atoms. The maximum absolute atomic E-state index is 13.2. The van der Waals surface area contributed by atoms with Gasteiger partial charge in [0.25, 0.3) is 5.56 Å². The summed E-state index contributed by atoms with van der Waals surface area (Å²) in [6, 6.07) is 39.7. The molecule has 8 aromatic rings. The lowest BCUT2D eigenvalue weighted by molar-refractivity contribution is -0.142. The first kappa shape index (κ1) is 49.6. The zero-order valence-electron chi connectivity index (χ0n) is 37.5. The second-order valence-electron chi connectivity index (χ2n) is 16.3. The number of nitrogens with zero attached hydrogens (tertiary/aromatic N) is 6. The first-order valence-corrected chi connectivity index (χ1v) is 21.9. The van der Waals surface area contributed by atoms with E-state index in [1.165, 1.54) is 23.6 Å². The van der Waals surface area contributed by atoms with Gasteiger partial charge in [-0.05, 0) is 73.9 Å². The number of aromatic nitrogens is 6. The number of carbonyl (C=O) groups is 2. The molecule has 2 atom stereocenters. The minimum absolute atomic E-state index is 0. The van der Waals surface area contributed by atoms with Crippen LogP contribution in [0.3, 0.4) is 0 Å². The summed E-state index contributed by atoms with van der Waals surface area (Å²) in [6.07, 6.45) is 1.20. The van der Waals surface area contributed by atoms with Crippen molar-refractivity contribution in [2.24, 2.45) is 0 Å². The molecule has 15 heteroatoms. The van der Waals surface area contributed by atoms with Gasteiger partial charge in [0, 0.05) is 54.7 Å². The fraction of sp³-hybridized carbons (Fsp3) is 0.269. The van der Waals surface area contributed by atoms with Gasteiger partial charge in [0.2, 0.25) is 0 Å². The number of nitrogens with one attached hydrogen (secondary N) is 2. The molecular formula is C52H56Cl2N8O5. The second-order valence-corrected chi connectivity index (χ2v) is 16.7. The highest BCUT2D eigenvalue weighted by molar-refractivity contribution is 6.30. The number of hydrogen-bond donors (Lipinski definition) is 2. The van der Waals surface area contributed by atoms with Crippen molar-refractivity contribution >= 4 is 47.4 Å². The Kier molecular flexibility index (Phi) is 16.4. The number of aryl methyl sites for hydroxylation is 2. The van der Waals surface area contributed by atoms with Crippen LogP contribution in [0.15, 0.2) is 126 Å². The molecule has 348 valence electrons. The van der Waals surface area contributed by atoms with Gasteiger partial charge in [0.05, 0.1) is 23.5 Å². The van der Waals surface area contributed by atoms with Gasteiger partial charge in [-0.3, -0.25) is 19.6 Å². The van der Waals surface area contributed by atoms with Crippen LogP contribution in [0.4, 0.5) is 4.79 Å². The summed E-state index contributed by atoms with van der Waals surface area (Å²) in [5.74, 6) is -0.242. The van der Waals surface area contributed by atoms with Gasteiger partial charge >= 0.3 is 12.1 Å². The van der Waals surface area contributed by atoms with Crippen LogP contribution in [0.5, 0.6) is 0 Å². The number of hydrogen-bond acceptors (Lipinski definition) is 9. The highest BCUT2D eigenvalue weighted by Gasteiger charge is 2.34. The molecule has 0 aliphatic carbocycles. The Bertz CT molecular complexity index is 3040. The maximum atomic E-state index is 13.2. The Morgan fingerprint density at radius 2 is 1.27 bits per heavy atom. The third kappa shape index (κ3) is 11.4. The number of halogens is 2. The van der Waals surface area contributed by atoms with Gasteiger partial charge in [-0.25, -0.2) is 23.8 Å². The first-order chi connectivity index (χ1) is 31.4. The molecule has 1 amide bonds. The SMILES string of the molecule is C.CC(=O)OCc1ccccc1.Cc1nc2cc([C@@H]3Cc4ccccc4CN3)[nH]n2c(=O)c1C.Cc1nc2cc([C@@H]3Cc4ccccc4CN3C(=O)OCc3ccccc3)nn2c(Cl)c1C.Cl. The van der Waals surface area contributed by atoms with Crippen molar-refractivity contribution in [1.82, 2.24) is 39.4 Å². The van der Waals surface area contributed by atoms with E-state index in [2.05, 4.69) is 56.8 Å². The predicted octanol–water partition coefficient (Wildman–Crippen LogP) is 10.3. The van der Waals surface area contributed by atoms with Gasteiger partial charge in [-0.15, -0.1) is 12.4 Å². The second kappa shape index (κ2) is 22.1. The zero-order valence-corrected chi connectivity index (χ0v) is 39.0. The van der Waals surface area contributed by atoms with Crippen molar-refractivity contribution in [2.45, 2.75) is 93.3 Å². The molecule has 13 nitrogen and oxygen atoms in total. The molecule has 0 fully saturated rings. The quantitative estimate of drug-likeness (QED) is 0.123. The van der Waals surface area contributed by atoms with Gasteiger partial charge in [-0.1, -0.05) is 128 Å². The number of H-pyrrole nitrogens is 1. The Balaban J connectivity index is 0.000000183. The number of rotatable bonds is 6. The number of amides is 1. The van der Waals surface area contributed by atoms with Crippen LogP contribution >= 0.6 is 24.0 Å². The van der Waals surface area contributed by atoms with Crippen molar-refractivity contribution in [3.63, 3.8) is 0 Å². The third-order valence-electron chi connectivity index (χ3n) is 11.9. The van der Waals surface area contributed by atoms with Crippen molar-refractivity contribution in [2.75, 3.05) is 0 Å². The largest absolute Gasteiger partial charge is 0.461 e. The summed E-state index contributed by atoms with van der Waals surface area (Å²) in [7, 11) is 0. The molecule has 6 heterocycles. The predicted molar refractivity (Wildman–Crippen MR) is 263 cm³/mol. The summed E-state index contributed by atoms with van der Waals surface area (Å²) < 4.78 is 13.7. The van der Waals surface area contributed by atoms with E-state index in [1.807, 2.05) is 113 Å². The number of aromatic amines is 1. The van der Waals surface area contributed by atoms with Crippen molar-refractivity contribution in [3.05, 3.63) is 204 Å². The van der Waals surface area contributed by atoms with E-state index in [1.54, 1.807) is 13.9 Å². The lowest BCUT2D eigenvalue weighted by atomic mass is 9.92. The van der Waals surface area contributed by atoms with Crippen LogP contribution in [0.25, 0.3) is 11.3 Å². The molecule has 10 rings (SSSR count). The van der Waals surface area contributed by atoms with E-state index >= 15 is 0 Å². The first-order valence-electron chi connectivity index (χ1n) is 21.6. The maximum Gasteiger partial charge on any atom is 0.410 e. The van der Waals surface area contributed by atoms with Gasteiger partial charge in [-0.2, -0.15) is 5.10 Å². The fourth-order valence-electron chi connectivity index (χ4n) is 7.97. The molecule has 2 aliphatic heterocycles. The monoisotopic (exact) mass is 942 g/mol. The lowest BCUT2D eigenvalue weighted by Gasteiger charge is -2.35. The smallest absolute Gasteiger partial charge is 0.410 e. The van der Waals surface area contributed by atoms with Crippen LogP contribution in [0.2, 0.25) is 5.15 Å². The van der Waals surface area contributed by atoms with Crippen LogP contribution < -0.4 is 10.9 Å². The highest BCUT2D eigenvalue weighted by atomic mass is 35.5. The van der Waals surface area contributed by atoms with Gasteiger partial charge < -0.3 is 14.8 Å². The van der Waals surface area contributed by atoms with E-state index in [4.69, 9.17) is 26.2 Å². The fourth-order valence-corrected chi connectivity index (χ4v) is 8.23. The molecule has 0 unspecified atom stereocenters.